The molecule has 49 heavy (non-hydrogen) atoms. The fraction of sp³-hybridized carbons (Fsp3) is 0.343. The number of nitrogens with one attached hydrogen (secondary N) is 3. The monoisotopic (exact) mass is 705 g/mol. The minimum absolute atomic E-state index is 0.0907. The third-order valence-electron chi connectivity index (χ3n) is 8.90. The molecule has 0 spiro atoms. The number of pyridine rings is 1. The second-order valence-electron chi connectivity index (χ2n) is 12.0. The lowest BCUT2D eigenvalue weighted by molar-refractivity contribution is -0.142. The second kappa shape index (κ2) is 15.0. The first-order valence-corrected chi connectivity index (χ1v) is 16.7. The van der Waals surface area contributed by atoms with Crippen molar-refractivity contribution in [1.29, 1.82) is 0 Å². The quantitative estimate of drug-likeness (QED) is 0.191. The largest absolute Gasteiger partial charge is 0.496 e. The Labute approximate surface area is 294 Å². The SMILES string of the molecule is COC(=O)CN1CCc2c(nc(C(=O)Nc3cccc(-c4ccnc(-c5ccc(CNC[C@H]6CCC(=O)N6)c(OC)c5)c4Cl)c3Cl)n2C)C1. The number of methoxy groups -OCH3 is 2. The molecule has 0 unspecified atom stereocenters. The van der Waals surface area contributed by atoms with Crippen LogP contribution in [0.4, 0.5) is 5.69 Å². The Morgan fingerprint density at radius 3 is 2.65 bits per heavy atom. The molecule has 256 valence electrons. The van der Waals surface area contributed by atoms with Gasteiger partial charge in [0.2, 0.25) is 5.91 Å². The molecule has 0 aliphatic carbocycles. The lowest BCUT2D eigenvalue weighted by Gasteiger charge is -2.25. The number of amides is 2. The summed E-state index contributed by atoms with van der Waals surface area (Å²) in [6.07, 6.45) is 3.70. The van der Waals surface area contributed by atoms with E-state index < -0.39 is 5.91 Å². The van der Waals surface area contributed by atoms with E-state index in [-0.39, 0.29) is 30.3 Å². The van der Waals surface area contributed by atoms with Gasteiger partial charge < -0.3 is 30.0 Å². The number of fused-ring (bicyclic) bond motifs is 1. The van der Waals surface area contributed by atoms with E-state index in [1.54, 1.807) is 36.1 Å². The predicted octanol–water partition coefficient (Wildman–Crippen LogP) is 4.62. The van der Waals surface area contributed by atoms with Crippen molar-refractivity contribution in [3.8, 4) is 28.1 Å². The smallest absolute Gasteiger partial charge is 0.319 e. The molecule has 4 aromatic rings. The maximum absolute atomic E-state index is 13.5. The number of rotatable bonds is 11. The Morgan fingerprint density at radius 2 is 1.90 bits per heavy atom. The number of aromatic nitrogens is 3. The van der Waals surface area contributed by atoms with Crippen molar-refractivity contribution in [2.45, 2.75) is 38.4 Å². The highest BCUT2D eigenvalue weighted by Crippen LogP contribution is 2.41. The zero-order chi connectivity index (χ0) is 34.7. The number of esters is 1. The summed E-state index contributed by atoms with van der Waals surface area (Å²) >= 11 is 13.9. The average molecular weight is 707 g/mol. The molecule has 4 heterocycles. The van der Waals surface area contributed by atoms with Crippen LogP contribution in [0.25, 0.3) is 22.4 Å². The highest BCUT2D eigenvalue weighted by molar-refractivity contribution is 6.39. The first kappa shape index (κ1) is 34.4. The number of benzene rings is 2. The second-order valence-corrected chi connectivity index (χ2v) is 12.8. The van der Waals surface area contributed by atoms with Crippen LogP contribution in [0.5, 0.6) is 5.75 Å². The molecule has 1 atom stereocenters. The summed E-state index contributed by atoms with van der Waals surface area (Å²) in [7, 11) is 4.79. The van der Waals surface area contributed by atoms with Crippen molar-refractivity contribution in [2.75, 3.05) is 39.2 Å². The van der Waals surface area contributed by atoms with Crippen LogP contribution >= 0.6 is 23.2 Å². The molecular weight excluding hydrogens is 669 g/mol. The average Bonchev–Trinajstić information content (AvgIpc) is 3.67. The number of imidazole rings is 1. The van der Waals surface area contributed by atoms with Crippen molar-refractivity contribution in [2.24, 2.45) is 7.05 Å². The van der Waals surface area contributed by atoms with Gasteiger partial charge >= 0.3 is 5.97 Å². The van der Waals surface area contributed by atoms with Crippen molar-refractivity contribution < 1.29 is 23.9 Å². The lowest BCUT2D eigenvalue weighted by Crippen LogP contribution is -2.35. The van der Waals surface area contributed by atoms with Gasteiger partial charge in [0.1, 0.15) is 5.75 Å². The molecule has 12 nitrogen and oxygen atoms in total. The minimum atomic E-state index is -0.411. The number of ether oxygens (including phenoxy) is 2. The van der Waals surface area contributed by atoms with Crippen LogP contribution < -0.4 is 20.7 Å². The van der Waals surface area contributed by atoms with E-state index in [2.05, 4.69) is 25.9 Å². The summed E-state index contributed by atoms with van der Waals surface area (Å²) < 4.78 is 12.3. The topological polar surface area (TPSA) is 140 Å². The summed E-state index contributed by atoms with van der Waals surface area (Å²) in [6.45, 7) is 2.50. The zero-order valence-corrected chi connectivity index (χ0v) is 29.0. The van der Waals surface area contributed by atoms with Gasteiger partial charge in [-0.05, 0) is 24.6 Å². The third-order valence-corrected chi connectivity index (χ3v) is 9.69. The van der Waals surface area contributed by atoms with Crippen molar-refractivity contribution in [1.82, 2.24) is 30.1 Å². The van der Waals surface area contributed by atoms with Gasteiger partial charge in [0, 0.05) is 86.3 Å². The van der Waals surface area contributed by atoms with E-state index in [1.165, 1.54) is 7.11 Å². The molecule has 2 aromatic carbocycles. The molecular formula is C35H37Cl2N7O5. The van der Waals surface area contributed by atoms with Crippen LogP contribution in [0.1, 0.15) is 40.4 Å². The number of nitrogens with zero attached hydrogens (tertiary/aromatic N) is 4. The number of carbonyl (C=O) groups is 3. The summed E-state index contributed by atoms with van der Waals surface area (Å²) in [5, 5.41) is 9.99. The summed E-state index contributed by atoms with van der Waals surface area (Å²) in [4.78, 5) is 47.9. The first-order valence-electron chi connectivity index (χ1n) is 15.9. The number of halogens is 2. The van der Waals surface area contributed by atoms with Gasteiger partial charge in [0.05, 0.1) is 47.9 Å². The molecule has 2 aliphatic rings. The highest BCUT2D eigenvalue weighted by atomic mass is 35.5. The minimum Gasteiger partial charge on any atom is -0.496 e. The Hall–Kier alpha value is -4.49. The van der Waals surface area contributed by atoms with Crippen LogP contribution in [-0.4, -0.2) is 77.1 Å². The summed E-state index contributed by atoms with van der Waals surface area (Å²) in [5.74, 6) is 0.287. The maximum atomic E-state index is 13.5. The molecule has 1 fully saturated rings. The molecule has 1 saturated heterocycles. The number of anilines is 1. The number of hydrogen-bond donors (Lipinski definition) is 3. The van der Waals surface area contributed by atoms with E-state index in [4.69, 9.17) is 32.7 Å². The summed E-state index contributed by atoms with van der Waals surface area (Å²) in [6, 6.07) is 13.1. The number of hydrogen-bond acceptors (Lipinski definition) is 9. The van der Waals surface area contributed by atoms with Crippen LogP contribution in [-0.2, 0) is 40.9 Å². The molecule has 0 radical (unpaired) electrons. The van der Waals surface area contributed by atoms with E-state index in [0.29, 0.717) is 77.3 Å². The van der Waals surface area contributed by atoms with E-state index in [0.717, 1.165) is 28.9 Å². The van der Waals surface area contributed by atoms with Crippen LogP contribution in [0.3, 0.4) is 0 Å². The van der Waals surface area contributed by atoms with Gasteiger partial charge in [0.15, 0.2) is 5.82 Å². The third kappa shape index (κ3) is 7.42. The van der Waals surface area contributed by atoms with E-state index in [1.807, 2.05) is 36.2 Å². The molecule has 14 heteroatoms. The van der Waals surface area contributed by atoms with E-state index in [9.17, 15) is 14.4 Å². The van der Waals surface area contributed by atoms with Gasteiger partial charge in [-0.3, -0.25) is 24.3 Å². The Morgan fingerprint density at radius 1 is 1.08 bits per heavy atom. The van der Waals surface area contributed by atoms with Gasteiger partial charge in [-0.1, -0.05) is 47.5 Å². The highest BCUT2D eigenvalue weighted by Gasteiger charge is 2.27. The van der Waals surface area contributed by atoms with Crippen molar-refractivity contribution in [3.05, 3.63) is 81.5 Å². The fourth-order valence-electron chi connectivity index (χ4n) is 6.28. The normalized spacial score (nSPS) is 15.9. The Bertz CT molecular complexity index is 1910. The fourth-order valence-corrected chi connectivity index (χ4v) is 6.88. The number of carbonyl (C=O) groups excluding carboxylic acids is 3. The van der Waals surface area contributed by atoms with Crippen molar-refractivity contribution in [3.63, 3.8) is 0 Å². The molecule has 6 rings (SSSR count). The Balaban J connectivity index is 1.19. The van der Waals surface area contributed by atoms with Gasteiger partial charge in [-0.2, -0.15) is 0 Å². The summed E-state index contributed by atoms with van der Waals surface area (Å²) in [5.41, 5.74) is 5.65. The first-order chi connectivity index (χ1) is 23.7. The van der Waals surface area contributed by atoms with Gasteiger partial charge in [0.25, 0.3) is 5.91 Å². The van der Waals surface area contributed by atoms with Gasteiger partial charge in [-0.25, -0.2) is 4.98 Å². The molecule has 2 aliphatic heterocycles. The lowest BCUT2D eigenvalue weighted by atomic mass is 10.0. The Kier molecular flexibility index (Phi) is 10.5. The van der Waals surface area contributed by atoms with Crippen molar-refractivity contribution >= 4 is 46.7 Å². The molecule has 2 aromatic heterocycles. The molecule has 0 saturated carbocycles. The zero-order valence-electron chi connectivity index (χ0n) is 27.4. The molecule has 2 amide bonds. The predicted molar refractivity (Wildman–Crippen MR) is 187 cm³/mol. The van der Waals surface area contributed by atoms with Crippen LogP contribution in [0.2, 0.25) is 10.0 Å². The maximum Gasteiger partial charge on any atom is 0.319 e. The van der Waals surface area contributed by atoms with E-state index >= 15 is 0 Å². The van der Waals surface area contributed by atoms with Crippen LogP contribution in [0, 0.1) is 0 Å². The van der Waals surface area contributed by atoms with Crippen LogP contribution in [0.15, 0.2) is 48.7 Å². The standard InChI is InChI=1S/C35H37Cl2N7O5/c1-43-27-12-14-44(19-30(46)49-3)18-26(27)41-34(43)35(47)42-25-6-4-5-23(31(25)36)24-11-13-39-33(32(24)37)20-7-8-21(28(15-20)48-2)16-38-17-22-9-10-29(45)40-22/h4-8,11,13,15,22,38H,9-10,12,14,16-19H2,1-3H3,(H,40,45)(H,42,47)/t22-/m1/s1. The van der Waals surface area contributed by atoms with Gasteiger partial charge in [-0.15, -0.1) is 0 Å². The molecule has 3 N–H and O–H groups in total. The molecule has 0 bridgehead atoms.